The molecule has 2 aromatic heterocycles. The highest BCUT2D eigenvalue weighted by Crippen LogP contribution is 2.26. The number of sulfone groups is 1. The van der Waals surface area contributed by atoms with E-state index in [1.807, 2.05) is 62.2 Å². The molecule has 1 atom stereocenters. The SMILES string of the molecule is Cc1ccc(S(=O)(=O)C(C)CCN(C)c2nc3c(C)cccc3cc2CNC(=O)c2nccnc2N)cc1. The molecule has 0 radical (unpaired) electrons. The van der Waals surface area contributed by atoms with Crippen LogP contribution >= 0.6 is 0 Å². The highest BCUT2D eigenvalue weighted by atomic mass is 32.2. The maximum absolute atomic E-state index is 13.1. The van der Waals surface area contributed by atoms with Crippen LogP contribution in [0.5, 0.6) is 0 Å². The topological polar surface area (TPSA) is 131 Å². The van der Waals surface area contributed by atoms with E-state index in [0.717, 1.165) is 27.6 Å². The summed E-state index contributed by atoms with van der Waals surface area (Å²) in [5.74, 6) is 0.281. The van der Waals surface area contributed by atoms with E-state index >= 15 is 0 Å². The molecule has 2 heterocycles. The Bertz CT molecular complexity index is 1570. The Balaban J connectivity index is 1.57. The molecule has 1 amide bonds. The van der Waals surface area contributed by atoms with Gasteiger partial charge in [-0.25, -0.2) is 23.4 Å². The third kappa shape index (κ3) is 5.75. The maximum Gasteiger partial charge on any atom is 0.273 e. The number of nitrogens with two attached hydrogens (primary N) is 1. The minimum Gasteiger partial charge on any atom is -0.382 e. The second-order valence-electron chi connectivity index (χ2n) is 9.47. The van der Waals surface area contributed by atoms with Crippen molar-refractivity contribution >= 4 is 38.3 Å². The summed E-state index contributed by atoms with van der Waals surface area (Å²) >= 11 is 0. The lowest BCUT2D eigenvalue weighted by Gasteiger charge is -2.24. The van der Waals surface area contributed by atoms with Gasteiger partial charge in [0.15, 0.2) is 21.3 Å². The van der Waals surface area contributed by atoms with E-state index in [2.05, 4.69) is 15.3 Å². The van der Waals surface area contributed by atoms with Crippen LogP contribution in [0.2, 0.25) is 0 Å². The molecule has 3 N–H and O–H groups in total. The van der Waals surface area contributed by atoms with Crippen LogP contribution in [-0.4, -0.2) is 48.1 Å². The first-order valence-corrected chi connectivity index (χ1v) is 13.9. The number of benzene rings is 2. The standard InChI is InChI=1S/C28H32N6O3S/c1-18-8-10-23(11-9-18)38(36,37)20(3)12-15-34(4)27-22(16-21-7-5-6-19(2)24(21)33-27)17-32-28(35)25-26(29)31-14-13-30-25/h5-11,13-14,16,20H,12,15,17H2,1-4H3,(H2,29,31)(H,32,35). The van der Waals surface area contributed by atoms with Crippen molar-refractivity contribution in [3.8, 4) is 0 Å². The van der Waals surface area contributed by atoms with Crippen molar-refractivity contribution in [1.29, 1.82) is 0 Å². The molecule has 198 valence electrons. The van der Waals surface area contributed by atoms with Crippen LogP contribution < -0.4 is 16.0 Å². The number of hydrogen-bond donors (Lipinski definition) is 2. The van der Waals surface area contributed by atoms with Gasteiger partial charge in [-0.15, -0.1) is 0 Å². The van der Waals surface area contributed by atoms with Crippen molar-refractivity contribution in [2.24, 2.45) is 0 Å². The van der Waals surface area contributed by atoms with Crippen molar-refractivity contribution in [2.45, 2.75) is 43.9 Å². The Hall–Kier alpha value is -4.05. The Morgan fingerprint density at radius 1 is 1.08 bits per heavy atom. The fourth-order valence-electron chi connectivity index (χ4n) is 4.22. The zero-order valence-corrected chi connectivity index (χ0v) is 22.8. The Labute approximate surface area is 223 Å². The summed E-state index contributed by atoms with van der Waals surface area (Å²) in [6.07, 6.45) is 3.24. The van der Waals surface area contributed by atoms with Crippen LogP contribution in [0.1, 0.15) is 40.5 Å². The minimum absolute atomic E-state index is 0.0541. The molecule has 0 fully saturated rings. The second kappa shape index (κ2) is 11.1. The predicted octanol–water partition coefficient (Wildman–Crippen LogP) is 3.84. The normalized spacial score (nSPS) is 12.3. The van der Waals surface area contributed by atoms with Gasteiger partial charge in [-0.05, 0) is 51.0 Å². The molecule has 38 heavy (non-hydrogen) atoms. The maximum atomic E-state index is 13.1. The summed E-state index contributed by atoms with van der Waals surface area (Å²) in [7, 11) is -1.59. The molecule has 0 spiro atoms. The molecule has 0 saturated carbocycles. The van der Waals surface area contributed by atoms with Gasteiger partial charge in [-0.3, -0.25) is 4.79 Å². The minimum atomic E-state index is -3.47. The zero-order chi connectivity index (χ0) is 27.4. The summed E-state index contributed by atoms with van der Waals surface area (Å²) in [6.45, 7) is 6.29. The lowest BCUT2D eigenvalue weighted by atomic mass is 10.1. The van der Waals surface area contributed by atoms with E-state index in [-0.39, 0.29) is 18.1 Å². The van der Waals surface area contributed by atoms with Gasteiger partial charge >= 0.3 is 0 Å². The summed E-state index contributed by atoms with van der Waals surface area (Å²) in [5, 5.41) is 3.22. The van der Waals surface area contributed by atoms with Crippen LogP contribution in [0.3, 0.4) is 0 Å². The molecule has 10 heteroatoms. The number of rotatable bonds is 9. The molecule has 0 aliphatic carbocycles. The zero-order valence-electron chi connectivity index (χ0n) is 22.0. The molecule has 9 nitrogen and oxygen atoms in total. The van der Waals surface area contributed by atoms with Crippen molar-refractivity contribution < 1.29 is 13.2 Å². The molecule has 4 rings (SSSR count). The first-order valence-electron chi connectivity index (χ1n) is 12.3. The first-order chi connectivity index (χ1) is 18.1. The number of nitrogen functional groups attached to an aromatic ring is 1. The number of aromatic nitrogens is 3. The number of pyridine rings is 1. The van der Waals surface area contributed by atoms with Gasteiger partial charge in [0.25, 0.3) is 5.91 Å². The molecule has 0 aliphatic rings. The molecule has 2 aromatic carbocycles. The van der Waals surface area contributed by atoms with Gasteiger partial charge in [0.05, 0.1) is 15.7 Å². The van der Waals surface area contributed by atoms with Crippen LogP contribution in [0.4, 0.5) is 11.6 Å². The third-order valence-electron chi connectivity index (χ3n) is 6.60. The number of nitrogens with zero attached hydrogens (tertiary/aromatic N) is 4. The molecule has 0 aliphatic heterocycles. The van der Waals surface area contributed by atoms with Crippen molar-refractivity contribution in [1.82, 2.24) is 20.3 Å². The van der Waals surface area contributed by atoms with Crippen molar-refractivity contribution in [2.75, 3.05) is 24.2 Å². The molecule has 0 saturated heterocycles. The summed E-state index contributed by atoms with van der Waals surface area (Å²) in [5.41, 5.74) is 9.54. The number of carbonyl (C=O) groups is 1. The monoisotopic (exact) mass is 532 g/mol. The van der Waals surface area contributed by atoms with Crippen molar-refractivity contribution in [3.63, 3.8) is 0 Å². The molecule has 1 unspecified atom stereocenters. The van der Waals surface area contributed by atoms with Gasteiger partial charge in [-0.2, -0.15) is 0 Å². The summed E-state index contributed by atoms with van der Waals surface area (Å²) < 4.78 is 26.2. The molecule has 4 aromatic rings. The highest BCUT2D eigenvalue weighted by Gasteiger charge is 2.24. The average Bonchev–Trinajstić information content (AvgIpc) is 2.90. The third-order valence-corrected chi connectivity index (χ3v) is 8.82. The smallest absolute Gasteiger partial charge is 0.273 e. The van der Waals surface area contributed by atoms with Crippen LogP contribution in [-0.2, 0) is 16.4 Å². The van der Waals surface area contributed by atoms with Gasteiger partial charge in [0.2, 0.25) is 0 Å². The predicted molar refractivity (Wildman–Crippen MR) is 150 cm³/mol. The summed E-state index contributed by atoms with van der Waals surface area (Å²) in [4.78, 5) is 27.9. The number of anilines is 2. The molecule has 0 bridgehead atoms. The Kier molecular flexibility index (Phi) is 7.91. The fraction of sp³-hybridized carbons (Fsp3) is 0.286. The van der Waals surface area contributed by atoms with E-state index in [4.69, 9.17) is 10.7 Å². The van der Waals surface area contributed by atoms with Gasteiger partial charge in [0.1, 0.15) is 5.82 Å². The Morgan fingerprint density at radius 2 is 1.79 bits per heavy atom. The van der Waals surface area contributed by atoms with Gasteiger partial charge in [0, 0.05) is 43.5 Å². The van der Waals surface area contributed by atoms with Crippen LogP contribution in [0.25, 0.3) is 10.9 Å². The number of aryl methyl sites for hydroxylation is 2. The number of hydrogen-bond acceptors (Lipinski definition) is 8. The fourth-order valence-corrected chi connectivity index (χ4v) is 5.62. The van der Waals surface area contributed by atoms with Crippen LogP contribution in [0.15, 0.2) is 65.8 Å². The molecular formula is C28H32N6O3S. The van der Waals surface area contributed by atoms with E-state index < -0.39 is 21.0 Å². The van der Waals surface area contributed by atoms with E-state index in [1.165, 1.54) is 12.4 Å². The first kappa shape index (κ1) is 27.0. The van der Waals surface area contributed by atoms with Crippen LogP contribution in [0, 0.1) is 13.8 Å². The second-order valence-corrected chi connectivity index (χ2v) is 11.8. The van der Waals surface area contributed by atoms with E-state index in [9.17, 15) is 13.2 Å². The largest absolute Gasteiger partial charge is 0.382 e. The number of amides is 1. The van der Waals surface area contributed by atoms with E-state index in [1.54, 1.807) is 19.1 Å². The van der Waals surface area contributed by atoms with Gasteiger partial charge < -0.3 is 16.0 Å². The van der Waals surface area contributed by atoms with Crippen molar-refractivity contribution in [3.05, 3.63) is 83.3 Å². The summed E-state index contributed by atoms with van der Waals surface area (Å²) in [6, 6.07) is 14.9. The highest BCUT2D eigenvalue weighted by molar-refractivity contribution is 7.92. The lowest BCUT2D eigenvalue weighted by molar-refractivity contribution is 0.0946. The average molecular weight is 533 g/mol. The Morgan fingerprint density at radius 3 is 2.50 bits per heavy atom. The number of carbonyl (C=O) groups excluding carboxylic acids is 1. The molecular weight excluding hydrogens is 500 g/mol. The lowest BCUT2D eigenvalue weighted by Crippen LogP contribution is -2.29. The number of fused-ring (bicyclic) bond motifs is 1. The number of para-hydroxylation sites is 1. The number of nitrogens with one attached hydrogen (secondary N) is 1. The quantitative estimate of drug-likeness (QED) is 0.332. The van der Waals surface area contributed by atoms with E-state index in [0.29, 0.717) is 23.7 Å². The van der Waals surface area contributed by atoms with Gasteiger partial charge in [-0.1, -0.05) is 35.9 Å².